The van der Waals surface area contributed by atoms with Gasteiger partial charge in [0, 0.05) is 6.42 Å². The van der Waals surface area contributed by atoms with Gasteiger partial charge in [-0.05, 0) is 50.8 Å². The summed E-state index contributed by atoms with van der Waals surface area (Å²) in [6.07, 6.45) is 0.753. The first kappa shape index (κ1) is 13.6. The number of carboxylic acids is 1. The number of carbonyl (C=O) groups is 1. The highest BCUT2D eigenvalue weighted by Crippen LogP contribution is 2.28. The van der Waals surface area contributed by atoms with Crippen molar-refractivity contribution in [3.8, 4) is 5.75 Å². The van der Waals surface area contributed by atoms with Gasteiger partial charge in [-0.3, -0.25) is 4.79 Å². The van der Waals surface area contributed by atoms with Crippen LogP contribution in [0.5, 0.6) is 5.75 Å². The van der Waals surface area contributed by atoms with Crippen LogP contribution in [0, 0.1) is 13.8 Å². The van der Waals surface area contributed by atoms with Gasteiger partial charge < -0.3 is 9.84 Å². The Morgan fingerprint density at radius 3 is 2.41 bits per heavy atom. The first-order valence-corrected chi connectivity index (χ1v) is 5.89. The molecule has 1 N–H and O–H groups in total. The Balaban J connectivity index is 3.05. The third-order valence-corrected chi connectivity index (χ3v) is 2.63. The summed E-state index contributed by atoms with van der Waals surface area (Å²) >= 11 is 0. The average Bonchev–Trinajstić information content (AvgIpc) is 2.22. The van der Waals surface area contributed by atoms with Crippen LogP contribution in [0.1, 0.15) is 37.0 Å². The minimum absolute atomic E-state index is 0.0964. The number of rotatable bonds is 5. The molecule has 0 atom stereocenters. The van der Waals surface area contributed by atoms with Crippen molar-refractivity contribution in [2.45, 2.75) is 46.6 Å². The summed E-state index contributed by atoms with van der Waals surface area (Å²) in [5.41, 5.74) is 3.17. The first-order chi connectivity index (χ1) is 7.91. The third kappa shape index (κ3) is 3.77. The fraction of sp³-hybridized carbons (Fsp3) is 0.500. The molecule has 0 aromatic heterocycles. The topological polar surface area (TPSA) is 46.5 Å². The summed E-state index contributed by atoms with van der Waals surface area (Å²) in [6, 6.07) is 4.02. The predicted octanol–water partition coefficient (Wildman–Crippen LogP) is 3.11. The Morgan fingerprint density at radius 1 is 1.29 bits per heavy atom. The quantitative estimate of drug-likeness (QED) is 0.854. The number of carboxylic acid groups (broad SMARTS) is 1. The second kappa shape index (κ2) is 5.71. The Kier molecular flexibility index (Phi) is 4.55. The number of benzene rings is 1. The number of hydrogen-bond acceptors (Lipinski definition) is 2. The molecule has 94 valence electrons. The Labute approximate surface area is 102 Å². The van der Waals surface area contributed by atoms with Crippen LogP contribution < -0.4 is 4.74 Å². The van der Waals surface area contributed by atoms with E-state index in [1.165, 1.54) is 0 Å². The van der Waals surface area contributed by atoms with E-state index in [4.69, 9.17) is 9.84 Å². The molecule has 0 aliphatic carbocycles. The van der Waals surface area contributed by atoms with Crippen LogP contribution in [-0.2, 0) is 11.2 Å². The fourth-order valence-electron chi connectivity index (χ4n) is 1.79. The number of hydrogen-bond donors (Lipinski definition) is 1. The lowest BCUT2D eigenvalue weighted by molar-refractivity contribution is -0.136. The van der Waals surface area contributed by atoms with E-state index in [1.807, 2.05) is 39.8 Å². The summed E-state index contributed by atoms with van der Waals surface area (Å²) in [4.78, 5) is 10.7. The minimum Gasteiger partial charge on any atom is -0.490 e. The van der Waals surface area contributed by atoms with E-state index < -0.39 is 5.97 Å². The van der Waals surface area contributed by atoms with E-state index >= 15 is 0 Å². The standard InChI is InChI=1S/C14H20O3/c1-9(2)17-14-11(4)6-5-10(3)12(14)7-8-13(15)16/h5-6,9H,7-8H2,1-4H3,(H,15,16). The van der Waals surface area contributed by atoms with E-state index in [9.17, 15) is 4.79 Å². The smallest absolute Gasteiger partial charge is 0.303 e. The van der Waals surface area contributed by atoms with Gasteiger partial charge >= 0.3 is 5.97 Å². The lowest BCUT2D eigenvalue weighted by Gasteiger charge is -2.18. The molecule has 0 aliphatic heterocycles. The molecule has 0 aliphatic rings. The molecule has 0 spiro atoms. The fourth-order valence-corrected chi connectivity index (χ4v) is 1.79. The van der Waals surface area contributed by atoms with Gasteiger partial charge in [-0.2, -0.15) is 0 Å². The van der Waals surface area contributed by atoms with Gasteiger partial charge in [0.25, 0.3) is 0 Å². The molecular formula is C14H20O3. The molecule has 0 saturated carbocycles. The molecule has 1 aromatic rings. The molecule has 0 fully saturated rings. The zero-order chi connectivity index (χ0) is 13.0. The molecule has 0 amide bonds. The molecule has 0 heterocycles. The first-order valence-electron chi connectivity index (χ1n) is 5.89. The van der Waals surface area contributed by atoms with Crippen molar-refractivity contribution in [3.63, 3.8) is 0 Å². The van der Waals surface area contributed by atoms with Crippen LogP contribution in [0.25, 0.3) is 0 Å². The monoisotopic (exact) mass is 236 g/mol. The van der Waals surface area contributed by atoms with Gasteiger partial charge in [-0.1, -0.05) is 12.1 Å². The molecule has 0 unspecified atom stereocenters. The Bertz CT molecular complexity index is 408. The van der Waals surface area contributed by atoms with Crippen LogP contribution in [0.15, 0.2) is 12.1 Å². The second-order valence-electron chi connectivity index (χ2n) is 4.57. The SMILES string of the molecule is Cc1ccc(C)c(OC(C)C)c1CCC(=O)O. The molecule has 3 nitrogen and oxygen atoms in total. The van der Waals surface area contributed by atoms with Crippen LogP contribution in [0.4, 0.5) is 0 Å². The van der Waals surface area contributed by atoms with Gasteiger partial charge in [-0.15, -0.1) is 0 Å². The van der Waals surface area contributed by atoms with Crippen LogP contribution in [0.3, 0.4) is 0 Å². The number of ether oxygens (including phenoxy) is 1. The molecule has 0 radical (unpaired) electrons. The highest BCUT2D eigenvalue weighted by molar-refractivity contribution is 5.67. The van der Waals surface area contributed by atoms with Gasteiger partial charge in [0.15, 0.2) is 0 Å². The van der Waals surface area contributed by atoms with Crippen LogP contribution in [0.2, 0.25) is 0 Å². The second-order valence-corrected chi connectivity index (χ2v) is 4.57. The number of aliphatic carboxylic acids is 1. The van der Waals surface area contributed by atoms with Crippen molar-refractivity contribution in [2.24, 2.45) is 0 Å². The zero-order valence-corrected chi connectivity index (χ0v) is 10.9. The van der Waals surface area contributed by atoms with Gasteiger partial charge in [-0.25, -0.2) is 0 Å². The third-order valence-electron chi connectivity index (χ3n) is 2.63. The van der Waals surface area contributed by atoms with Crippen molar-refractivity contribution >= 4 is 5.97 Å². The molecule has 1 aromatic carbocycles. The summed E-state index contributed by atoms with van der Waals surface area (Å²) < 4.78 is 5.80. The Hall–Kier alpha value is -1.51. The van der Waals surface area contributed by atoms with E-state index in [0.29, 0.717) is 6.42 Å². The maximum absolute atomic E-state index is 10.7. The van der Waals surface area contributed by atoms with E-state index in [1.54, 1.807) is 0 Å². The predicted molar refractivity (Wildman–Crippen MR) is 67.6 cm³/mol. The van der Waals surface area contributed by atoms with Crippen LogP contribution in [-0.4, -0.2) is 17.2 Å². The highest BCUT2D eigenvalue weighted by atomic mass is 16.5. The van der Waals surface area contributed by atoms with Crippen LogP contribution >= 0.6 is 0 Å². The molecule has 3 heteroatoms. The molecule has 1 rings (SSSR count). The lowest BCUT2D eigenvalue weighted by atomic mass is 9.99. The van der Waals surface area contributed by atoms with E-state index in [-0.39, 0.29) is 12.5 Å². The molecule has 17 heavy (non-hydrogen) atoms. The lowest BCUT2D eigenvalue weighted by Crippen LogP contribution is -2.10. The zero-order valence-electron chi connectivity index (χ0n) is 10.9. The van der Waals surface area contributed by atoms with Gasteiger partial charge in [0.1, 0.15) is 5.75 Å². The Morgan fingerprint density at radius 2 is 1.88 bits per heavy atom. The molecular weight excluding hydrogens is 216 g/mol. The van der Waals surface area contributed by atoms with Crippen molar-refractivity contribution in [1.29, 1.82) is 0 Å². The molecule has 0 bridgehead atoms. The van der Waals surface area contributed by atoms with Crippen molar-refractivity contribution in [3.05, 3.63) is 28.8 Å². The van der Waals surface area contributed by atoms with Crippen molar-refractivity contribution < 1.29 is 14.6 Å². The summed E-state index contributed by atoms with van der Waals surface area (Å²) in [5, 5.41) is 8.77. The highest BCUT2D eigenvalue weighted by Gasteiger charge is 2.13. The normalized spacial score (nSPS) is 10.6. The van der Waals surface area contributed by atoms with Gasteiger partial charge in [0.05, 0.1) is 6.10 Å². The number of aryl methyl sites for hydroxylation is 2. The maximum atomic E-state index is 10.7. The molecule has 0 saturated heterocycles. The van der Waals surface area contributed by atoms with Gasteiger partial charge in [0.2, 0.25) is 0 Å². The van der Waals surface area contributed by atoms with Crippen molar-refractivity contribution in [1.82, 2.24) is 0 Å². The van der Waals surface area contributed by atoms with Crippen molar-refractivity contribution in [2.75, 3.05) is 0 Å². The summed E-state index contributed by atoms with van der Waals surface area (Å²) in [5.74, 6) is 0.0719. The summed E-state index contributed by atoms with van der Waals surface area (Å²) in [6.45, 7) is 7.93. The van der Waals surface area contributed by atoms with E-state index in [2.05, 4.69) is 0 Å². The average molecular weight is 236 g/mol. The summed E-state index contributed by atoms with van der Waals surface area (Å²) in [7, 11) is 0. The maximum Gasteiger partial charge on any atom is 0.303 e. The van der Waals surface area contributed by atoms with E-state index in [0.717, 1.165) is 22.4 Å². The minimum atomic E-state index is -0.776. The largest absolute Gasteiger partial charge is 0.490 e.